The van der Waals surface area contributed by atoms with E-state index in [9.17, 15) is 9.90 Å². The van der Waals surface area contributed by atoms with E-state index in [1.807, 2.05) is 31.2 Å². The molecule has 0 bridgehead atoms. The number of aryl methyl sites for hydroxylation is 1. The van der Waals surface area contributed by atoms with Crippen molar-refractivity contribution in [1.82, 2.24) is 4.98 Å². The fourth-order valence-electron chi connectivity index (χ4n) is 2.75. The van der Waals surface area contributed by atoms with Crippen molar-refractivity contribution in [1.29, 1.82) is 0 Å². The fourth-order valence-corrected chi connectivity index (χ4v) is 2.75. The molecule has 24 heavy (non-hydrogen) atoms. The van der Waals surface area contributed by atoms with Crippen molar-refractivity contribution in [3.05, 3.63) is 53.6 Å². The van der Waals surface area contributed by atoms with Gasteiger partial charge in [-0.2, -0.15) is 0 Å². The molecule has 0 fully saturated rings. The molecule has 1 heterocycles. The molecule has 0 radical (unpaired) electrons. The number of carboxylic acids is 1. The third kappa shape index (κ3) is 2.65. The van der Waals surface area contributed by atoms with Crippen LogP contribution >= 0.6 is 0 Å². The van der Waals surface area contributed by atoms with Crippen molar-refractivity contribution in [2.45, 2.75) is 6.92 Å². The van der Waals surface area contributed by atoms with Crippen LogP contribution in [0.25, 0.3) is 22.2 Å². The standard InChI is InChI=1S/C19H17NO4/c1-11-6-4-5-7-13(11)15-10-14(19(21)22)18-16(20-15)8-12(23-2)9-17(18)24-3/h4-10H,1-3H3,(H,21,22). The zero-order chi connectivity index (χ0) is 17.3. The minimum absolute atomic E-state index is 0.151. The number of fused-ring (bicyclic) bond motifs is 1. The first-order valence-corrected chi connectivity index (χ1v) is 7.41. The van der Waals surface area contributed by atoms with Crippen molar-refractivity contribution in [3.8, 4) is 22.8 Å². The summed E-state index contributed by atoms with van der Waals surface area (Å²) in [4.78, 5) is 16.4. The number of pyridine rings is 1. The van der Waals surface area contributed by atoms with Gasteiger partial charge in [-0.05, 0) is 18.6 Å². The van der Waals surface area contributed by atoms with Gasteiger partial charge in [0.25, 0.3) is 0 Å². The summed E-state index contributed by atoms with van der Waals surface area (Å²) >= 11 is 0. The Hall–Kier alpha value is -3.08. The Labute approximate surface area is 139 Å². The Kier molecular flexibility index (Phi) is 4.08. The second-order valence-corrected chi connectivity index (χ2v) is 5.40. The van der Waals surface area contributed by atoms with E-state index in [4.69, 9.17) is 9.47 Å². The van der Waals surface area contributed by atoms with Crippen molar-refractivity contribution >= 4 is 16.9 Å². The topological polar surface area (TPSA) is 68.7 Å². The van der Waals surface area contributed by atoms with E-state index in [1.165, 1.54) is 7.11 Å². The molecule has 1 aromatic heterocycles. The number of nitrogens with zero attached hydrogens (tertiary/aromatic N) is 1. The molecular formula is C19H17NO4. The van der Waals surface area contributed by atoms with E-state index >= 15 is 0 Å². The van der Waals surface area contributed by atoms with Crippen LogP contribution in [-0.2, 0) is 0 Å². The van der Waals surface area contributed by atoms with E-state index in [0.29, 0.717) is 28.1 Å². The van der Waals surface area contributed by atoms with Gasteiger partial charge in [0.05, 0.1) is 36.4 Å². The molecule has 0 unspecified atom stereocenters. The lowest BCUT2D eigenvalue weighted by Gasteiger charge is -2.13. The smallest absolute Gasteiger partial charge is 0.336 e. The number of hydrogen-bond donors (Lipinski definition) is 1. The Morgan fingerprint density at radius 3 is 2.46 bits per heavy atom. The maximum atomic E-state index is 11.8. The molecule has 5 heteroatoms. The molecule has 3 aromatic rings. The van der Waals surface area contributed by atoms with Crippen LogP contribution in [0.3, 0.4) is 0 Å². The van der Waals surface area contributed by atoms with Gasteiger partial charge in [0.1, 0.15) is 11.5 Å². The van der Waals surface area contributed by atoms with E-state index in [2.05, 4.69) is 4.98 Å². The molecular weight excluding hydrogens is 306 g/mol. The maximum Gasteiger partial charge on any atom is 0.336 e. The lowest BCUT2D eigenvalue weighted by molar-refractivity contribution is 0.0698. The Bertz CT molecular complexity index is 934. The van der Waals surface area contributed by atoms with Crippen molar-refractivity contribution < 1.29 is 19.4 Å². The molecule has 122 valence electrons. The highest BCUT2D eigenvalue weighted by Gasteiger charge is 2.18. The van der Waals surface area contributed by atoms with Gasteiger partial charge < -0.3 is 14.6 Å². The van der Waals surface area contributed by atoms with Crippen LogP contribution in [0.1, 0.15) is 15.9 Å². The second kappa shape index (κ2) is 6.20. The largest absolute Gasteiger partial charge is 0.497 e. The number of methoxy groups -OCH3 is 2. The van der Waals surface area contributed by atoms with E-state index in [0.717, 1.165) is 11.1 Å². The van der Waals surface area contributed by atoms with Gasteiger partial charge >= 0.3 is 5.97 Å². The Morgan fingerprint density at radius 2 is 1.83 bits per heavy atom. The molecule has 0 saturated carbocycles. The molecule has 0 aliphatic rings. The molecule has 1 N–H and O–H groups in total. The predicted octanol–water partition coefficient (Wildman–Crippen LogP) is 3.93. The molecule has 0 atom stereocenters. The molecule has 0 aliphatic heterocycles. The fraction of sp³-hybridized carbons (Fsp3) is 0.158. The van der Waals surface area contributed by atoms with Crippen LogP contribution in [0, 0.1) is 6.92 Å². The summed E-state index contributed by atoms with van der Waals surface area (Å²) in [5.74, 6) is -0.0450. The van der Waals surface area contributed by atoms with Gasteiger partial charge in [-0.1, -0.05) is 24.3 Å². The van der Waals surface area contributed by atoms with Crippen LogP contribution in [0.5, 0.6) is 11.5 Å². The second-order valence-electron chi connectivity index (χ2n) is 5.40. The zero-order valence-electron chi connectivity index (χ0n) is 13.7. The highest BCUT2D eigenvalue weighted by atomic mass is 16.5. The number of rotatable bonds is 4. The van der Waals surface area contributed by atoms with Crippen LogP contribution in [0.15, 0.2) is 42.5 Å². The van der Waals surface area contributed by atoms with Gasteiger partial charge in [0, 0.05) is 17.7 Å². The SMILES string of the molecule is COc1cc(OC)c2c(C(=O)O)cc(-c3ccccc3C)nc2c1. The third-order valence-electron chi connectivity index (χ3n) is 3.95. The third-order valence-corrected chi connectivity index (χ3v) is 3.95. The quantitative estimate of drug-likeness (QED) is 0.788. The Balaban J connectivity index is 2.39. The molecule has 2 aromatic carbocycles. The minimum atomic E-state index is -1.03. The number of aromatic carboxylic acids is 1. The Morgan fingerprint density at radius 1 is 1.08 bits per heavy atom. The predicted molar refractivity (Wildman–Crippen MR) is 92.0 cm³/mol. The number of carbonyl (C=O) groups is 1. The summed E-state index contributed by atoms with van der Waals surface area (Å²) in [7, 11) is 3.04. The normalized spacial score (nSPS) is 10.6. The number of aromatic nitrogens is 1. The molecule has 0 spiro atoms. The molecule has 5 nitrogen and oxygen atoms in total. The van der Waals surface area contributed by atoms with Crippen LogP contribution < -0.4 is 9.47 Å². The molecule has 3 rings (SSSR count). The summed E-state index contributed by atoms with van der Waals surface area (Å²) in [6.45, 7) is 1.97. The number of carboxylic acid groups (broad SMARTS) is 1. The average Bonchev–Trinajstić information content (AvgIpc) is 2.59. The number of ether oxygens (including phenoxy) is 2. The van der Waals surface area contributed by atoms with E-state index in [1.54, 1.807) is 25.3 Å². The first-order valence-electron chi connectivity index (χ1n) is 7.41. The monoisotopic (exact) mass is 323 g/mol. The molecule has 0 aliphatic carbocycles. The zero-order valence-corrected chi connectivity index (χ0v) is 13.7. The van der Waals surface area contributed by atoms with Gasteiger partial charge in [-0.25, -0.2) is 9.78 Å². The summed E-state index contributed by atoms with van der Waals surface area (Å²) in [6, 6.07) is 12.7. The molecule has 0 saturated heterocycles. The van der Waals surface area contributed by atoms with Crippen LogP contribution in [0.4, 0.5) is 0 Å². The van der Waals surface area contributed by atoms with Gasteiger partial charge in [-0.15, -0.1) is 0 Å². The maximum absolute atomic E-state index is 11.8. The van der Waals surface area contributed by atoms with E-state index in [-0.39, 0.29) is 5.56 Å². The molecule has 0 amide bonds. The number of benzene rings is 2. The van der Waals surface area contributed by atoms with Gasteiger partial charge in [-0.3, -0.25) is 0 Å². The van der Waals surface area contributed by atoms with Crippen LogP contribution in [-0.4, -0.2) is 30.3 Å². The summed E-state index contributed by atoms with van der Waals surface area (Å²) in [5.41, 5.74) is 3.19. The lowest BCUT2D eigenvalue weighted by atomic mass is 10.0. The minimum Gasteiger partial charge on any atom is -0.497 e. The summed E-state index contributed by atoms with van der Waals surface area (Å²) in [6.07, 6.45) is 0. The first kappa shape index (κ1) is 15.8. The first-order chi connectivity index (χ1) is 11.5. The number of hydrogen-bond acceptors (Lipinski definition) is 4. The van der Waals surface area contributed by atoms with Crippen molar-refractivity contribution in [3.63, 3.8) is 0 Å². The summed E-state index contributed by atoms with van der Waals surface area (Å²) in [5, 5.41) is 10.1. The van der Waals surface area contributed by atoms with Crippen molar-refractivity contribution in [2.24, 2.45) is 0 Å². The lowest BCUT2D eigenvalue weighted by Crippen LogP contribution is -2.03. The highest BCUT2D eigenvalue weighted by molar-refractivity contribution is 6.06. The van der Waals surface area contributed by atoms with Gasteiger partial charge in [0.15, 0.2) is 0 Å². The van der Waals surface area contributed by atoms with E-state index < -0.39 is 5.97 Å². The van der Waals surface area contributed by atoms with Crippen LogP contribution in [0.2, 0.25) is 0 Å². The van der Waals surface area contributed by atoms with Gasteiger partial charge in [0.2, 0.25) is 0 Å². The average molecular weight is 323 g/mol. The summed E-state index contributed by atoms with van der Waals surface area (Å²) < 4.78 is 10.6. The van der Waals surface area contributed by atoms with Crippen molar-refractivity contribution in [2.75, 3.05) is 14.2 Å². The highest BCUT2D eigenvalue weighted by Crippen LogP contribution is 2.35.